The highest BCUT2D eigenvalue weighted by atomic mass is 16.5. The number of aromatic nitrogens is 1. The molecule has 1 aliphatic carbocycles. The SMILES string of the molecule is CCCC(C(=O)O)C1CCc2cc(OCCc3nc(C)oc3C)ccc21. The fourth-order valence-corrected chi connectivity index (χ4v) is 4.01. The summed E-state index contributed by atoms with van der Waals surface area (Å²) in [6, 6.07) is 6.09. The van der Waals surface area contributed by atoms with E-state index in [1.165, 1.54) is 11.1 Å². The molecular formula is C21H27NO4. The van der Waals surface area contributed by atoms with Gasteiger partial charge in [-0.2, -0.15) is 0 Å². The van der Waals surface area contributed by atoms with Crippen LogP contribution in [-0.2, 0) is 17.6 Å². The van der Waals surface area contributed by atoms with Crippen LogP contribution in [0.25, 0.3) is 0 Å². The molecule has 1 heterocycles. The summed E-state index contributed by atoms with van der Waals surface area (Å²) in [5.41, 5.74) is 3.34. The monoisotopic (exact) mass is 357 g/mol. The summed E-state index contributed by atoms with van der Waals surface area (Å²) in [6.45, 7) is 6.35. The summed E-state index contributed by atoms with van der Waals surface area (Å²) in [5, 5.41) is 9.56. The first-order valence-corrected chi connectivity index (χ1v) is 9.41. The first-order chi connectivity index (χ1) is 12.5. The molecule has 1 aromatic heterocycles. The van der Waals surface area contributed by atoms with Gasteiger partial charge in [-0.15, -0.1) is 0 Å². The number of hydrogen-bond acceptors (Lipinski definition) is 4. The second-order valence-electron chi connectivity index (χ2n) is 7.07. The number of aryl methyl sites for hydroxylation is 3. The van der Waals surface area contributed by atoms with Crippen LogP contribution >= 0.6 is 0 Å². The van der Waals surface area contributed by atoms with Gasteiger partial charge in [-0.3, -0.25) is 4.79 Å². The number of carbonyl (C=O) groups is 1. The fraction of sp³-hybridized carbons (Fsp3) is 0.524. The van der Waals surface area contributed by atoms with E-state index in [-0.39, 0.29) is 11.8 Å². The van der Waals surface area contributed by atoms with Gasteiger partial charge in [0, 0.05) is 13.3 Å². The number of oxazole rings is 1. The van der Waals surface area contributed by atoms with Gasteiger partial charge in [0.1, 0.15) is 11.5 Å². The van der Waals surface area contributed by atoms with Crippen molar-refractivity contribution in [2.45, 2.75) is 58.8 Å². The van der Waals surface area contributed by atoms with E-state index in [0.29, 0.717) is 18.9 Å². The predicted molar refractivity (Wildman–Crippen MR) is 98.7 cm³/mol. The third-order valence-corrected chi connectivity index (χ3v) is 5.25. The molecule has 0 saturated carbocycles. The Morgan fingerprint density at radius 3 is 2.88 bits per heavy atom. The average molecular weight is 357 g/mol. The van der Waals surface area contributed by atoms with Crippen molar-refractivity contribution < 1.29 is 19.1 Å². The Bertz CT molecular complexity index is 780. The molecule has 2 aromatic rings. The molecule has 5 nitrogen and oxygen atoms in total. The van der Waals surface area contributed by atoms with Gasteiger partial charge in [0.05, 0.1) is 18.2 Å². The van der Waals surface area contributed by atoms with Crippen molar-refractivity contribution in [1.29, 1.82) is 0 Å². The number of fused-ring (bicyclic) bond motifs is 1. The molecule has 0 amide bonds. The number of ether oxygens (including phenoxy) is 1. The lowest BCUT2D eigenvalue weighted by Gasteiger charge is -2.20. The molecule has 0 saturated heterocycles. The second kappa shape index (κ2) is 7.94. The first-order valence-electron chi connectivity index (χ1n) is 9.41. The number of nitrogens with zero attached hydrogens (tertiary/aromatic N) is 1. The third kappa shape index (κ3) is 3.92. The zero-order valence-electron chi connectivity index (χ0n) is 15.7. The summed E-state index contributed by atoms with van der Waals surface area (Å²) in [4.78, 5) is 16.0. The summed E-state index contributed by atoms with van der Waals surface area (Å²) in [7, 11) is 0. The maximum absolute atomic E-state index is 11.6. The minimum Gasteiger partial charge on any atom is -0.493 e. The number of carboxylic acid groups (broad SMARTS) is 1. The second-order valence-corrected chi connectivity index (χ2v) is 7.07. The van der Waals surface area contributed by atoms with E-state index in [2.05, 4.69) is 17.1 Å². The topological polar surface area (TPSA) is 72.6 Å². The molecule has 2 atom stereocenters. The van der Waals surface area contributed by atoms with Crippen molar-refractivity contribution in [3.05, 3.63) is 46.7 Å². The lowest BCUT2D eigenvalue weighted by Crippen LogP contribution is -2.20. The molecule has 2 unspecified atom stereocenters. The summed E-state index contributed by atoms with van der Waals surface area (Å²) < 4.78 is 11.3. The van der Waals surface area contributed by atoms with Crippen molar-refractivity contribution in [1.82, 2.24) is 4.98 Å². The Morgan fingerprint density at radius 2 is 2.23 bits per heavy atom. The van der Waals surface area contributed by atoms with E-state index in [1.807, 2.05) is 26.8 Å². The van der Waals surface area contributed by atoms with Gasteiger partial charge in [-0.25, -0.2) is 4.98 Å². The van der Waals surface area contributed by atoms with E-state index < -0.39 is 5.97 Å². The summed E-state index contributed by atoms with van der Waals surface area (Å²) in [6.07, 6.45) is 4.17. The van der Waals surface area contributed by atoms with Gasteiger partial charge in [0.25, 0.3) is 0 Å². The number of hydrogen-bond donors (Lipinski definition) is 1. The zero-order valence-corrected chi connectivity index (χ0v) is 15.7. The van der Waals surface area contributed by atoms with Crippen LogP contribution in [0.4, 0.5) is 0 Å². The van der Waals surface area contributed by atoms with Crippen LogP contribution in [0.2, 0.25) is 0 Å². The van der Waals surface area contributed by atoms with Crippen LogP contribution in [0.3, 0.4) is 0 Å². The lowest BCUT2D eigenvalue weighted by molar-refractivity contribution is -0.142. The molecule has 0 radical (unpaired) electrons. The number of aliphatic carboxylic acids is 1. The van der Waals surface area contributed by atoms with Crippen LogP contribution in [0.15, 0.2) is 22.6 Å². The molecule has 0 aliphatic heterocycles. The molecule has 0 spiro atoms. The molecule has 3 rings (SSSR count). The average Bonchev–Trinajstić information content (AvgIpc) is 3.15. The van der Waals surface area contributed by atoms with Crippen molar-refractivity contribution >= 4 is 5.97 Å². The van der Waals surface area contributed by atoms with Crippen LogP contribution in [0.1, 0.15) is 60.6 Å². The lowest BCUT2D eigenvalue weighted by atomic mass is 9.84. The quantitative estimate of drug-likeness (QED) is 0.756. The van der Waals surface area contributed by atoms with Gasteiger partial charge >= 0.3 is 5.97 Å². The molecule has 1 N–H and O–H groups in total. The Morgan fingerprint density at radius 1 is 1.42 bits per heavy atom. The van der Waals surface area contributed by atoms with Crippen LogP contribution in [-0.4, -0.2) is 22.7 Å². The molecule has 26 heavy (non-hydrogen) atoms. The minimum absolute atomic E-state index is 0.122. The number of carboxylic acids is 1. The van der Waals surface area contributed by atoms with Crippen LogP contribution in [0.5, 0.6) is 5.75 Å². The summed E-state index contributed by atoms with van der Waals surface area (Å²) >= 11 is 0. The largest absolute Gasteiger partial charge is 0.493 e. The Kier molecular flexibility index (Phi) is 5.64. The van der Waals surface area contributed by atoms with E-state index in [4.69, 9.17) is 9.15 Å². The van der Waals surface area contributed by atoms with Crippen molar-refractivity contribution in [2.75, 3.05) is 6.61 Å². The highest BCUT2D eigenvalue weighted by Crippen LogP contribution is 2.41. The molecule has 0 fully saturated rings. The molecule has 0 bridgehead atoms. The maximum Gasteiger partial charge on any atom is 0.307 e. The molecule has 5 heteroatoms. The number of rotatable bonds is 8. The van der Waals surface area contributed by atoms with Gasteiger partial charge in [-0.1, -0.05) is 19.4 Å². The van der Waals surface area contributed by atoms with Gasteiger partial charge < -0.3 is 14.3 Å². The van der Waals surface area contributed by atoms with Crippen molar-refractivity contribution in [2.24, 2.45) is 5.92 Å². The minimum atomic E-state index is -0.677. The normalized spacial score (nSPS) is 17.1. The zero-order chi connectivity index (χ0) is 18.7. The summed E-state index contributed by atoms with van der Waals surface area (Å²) in [5.74, 6) is 1.52. The van der Waals surface area contributed by atoms with Gasteiger partial charge in [0.2, 0.25) is 0 Å². The fourth-order valence-electron chi connectivity index (χ4n) is 4.01. The van der Waals surface area contributed by atoms with Crippen molar-refractivity contribution in [3.63, 3.8) is 0 Å². The Balaban J connectivity index is 1.64. The van der Waals surface area contributed by atoms with E-state index in [9.17, 15) is 9.90 Å². The Hall–Kier alpha value is -2.30. The van der Waals surface area contributed by atoms with Gasteiger partial charge in [-0.05, 0) is 55.4 Å². The Labute approximate surface area is 154 Å². The van der Waals surface area contributed by atoms with E-state index in [1.54, 1.807) is 0 Å². The van der Waals surface area contributed by atoms with Gasteiger partial charge in [0.15, 0.2) is 5.89 Å². The first kappa shape index (κ1) is 18.5. The highest BCUT2D eigenvalue weighted by Gasteiger charge is 2.33. The smallest absolute Gasteiger partial charge is 0.307 e. The van der Waals surface area contributed by atoms with Crippen LogP contribution in [0, 0.1) is 19.8 Å². The standard InChI is InChI=1S/C21H27NO4/c1-4-5-19(21(23)24)18-8-6-15-12-16(7-9-17(15)18)25-11-10-20-13(2)26-14(3)22-20/h7,9,12,18-19H,4-6,8,10-11H2,1-3H3,(H,23,24). The predicted octanol–water partition coefficient (Wildman–Crippen LogP) is 4.44. The maximum atomic E-state index is 11.6. The highest BCUT2D eigenvalue weighted by molar-refractivity contribution is 5.72. The van der Waals surface area contributed by atoms with Crippen LogP contribution < -0.4 is 4.74 Å². The van der Waals surface area contributed by atoms with E-state index in [0.717, 1.165) is 42.9 Å². The third-order valence-electron chi connectivity index (χ3n) is 5.25. The molecule has 1 aliphatic rings. The van der Waals surface area contributed by atoms with E-state index >= 15 is 0 Å². The number of benzene rings is 1. The molecule has 140 valence electrons. The van der Waals surface area contributed by atoms with Crippen molar-refractivity contribution in [3.8, 4) is 5.75 Å². The molecular weight excluding hydrogens is 330 g/mol. The molecule has 1 aromatic carbocycles.